The highest BCUT2D eigenvalue weighted by Crippen LogP contribution is 2.31. The summed E-state index contributed by atoms with van der Waals surface area (Å²) in [6.45, 7) is 7.88. The van der Waals surface area contributed by atoms with Crippen LogP contribution in [0.4, 0.5) is 5.69 Å². The fraction of sp³-hybridized carbons (Fsp3) is 0.471. The number of amidine groups is 1. The number of halogens is 1. The second-order valence-electron chi connectivity index (χ2n) is 6.17. The molecule has 1 N–H and O–H groups in total. The van der Waals surface area contributed by atoms with Gasteiger partial charge in [0.2, 0.25) is 11.8 Å². The fourth-order valence-electron chi connectivity index (χ4n) is 2.32. The van der Waals surface area contributed by atoms with Crippen LogP contribution in [0.3, 0.4) is 0 Å². The summed E-state index contributed by atoms with van der Waals surface area (Å²) >= 11 is 3.60. The zero-order valence-electron chi connectivity index (χ0n) is 14.2. The number of anilines is 1. The van der Waals surface area contributed by atoms with Crippen LogP contribution in [0.2, 0.25) is 0 Å². The predicted octanol–water partition coefficient (Wildman–Crippen LogP) is 3.74. The molecule has 1 heterocycles. The summed E-state index contributed by atoms with van der Waals surface area (Å²) in [6, 6.07) is 7.72. The van der Waals surface area contributed by atoms with Gasteiger partial charge in [-0.05, 0) is 74.6 Å². The Morgan fingerprint density at radius 2 is 1.92 bits per heavy atom. The van der Waals surface area contributed by atoms with Crippen molar-refractivity contribution in [2.75, 3.05) is 5.32 Å². The molecule has 1 fully saturated rings. The Bertz CT molecular complexity index is 644. The number of hydrogen-bond donors (Lipinski definition) is 1. The lowest BCUT2D eigenvalue weighted by Gasteiger charge is -2.21. The number of rotatable bonds is 5. The molecule has 0 bridgehead atoms. The van der Waals surface area contributed by atoms with Crippen molar-refractivity contribution in [3.8, 4) is 0 Å². The highest BCUT2D eigenvalue weighted by atomic mass is 127. The van der Waals surface area contributed by atoms with Gasteiger partial charge in [0.1, 0.15) is 5.25 Å². The first kappa shape index (κ1) is 19.2. The van der Waals surface area contributed by atoms with Crippen LogP contribution in [0.15, 0.2) is 29.3 Å². The number of benzene rings is 1. The monoisotopic (exact) mass is 459 g/mol. The molecule has 0 unspecified atom stereocenters. The molecule has 5 nitrogen and oxygen atoms in total. The van der Waals surface area contributed by atoms with Crippen molar-refractivity contribution in [2.45, 2.75) is 51.4 Å². The van der Waals surface area contributed by atoms with Gasteiger partial charge in [-0.25, -0.2) is 0 Å². The van der Waals surface area contributed by atoms with Crippen LogP contribution in [0, 0.1) is 3.57 Å². The third-order valence-corrected chi connectivity index (χ3v) is 5.24. The van der Waals surface area contributed by atoms with E-state index in [0.717, 1.165) is 14.4 Å². The maximum absolute atomic E-state index is 12.6. The van der Waals surface area contributed by atoms with E-state index in [0.29, 0.717) is 0 Å². The van der Waals surface area contributed by atoms with Crippen molar-refractivity contribution in [1.29, 1.82) is 0 Å². The second kappa shape index (κ2) is 8.33. The van der Waals surface area contributed by atoms with Gasteiger partial charge in [0.05, 0.1) is 0 Å². The van der Waals surface area contributed by atoms with Gasteiger partial charge in [-0.1, -0.05) is 11.8 Å². The Morgan fingerprint density at radius 1 is 1.29 bits per heavy atom. The van der Waals surface area contributed by atoms with E-state index in [4.69, 9.17) is 0 Å². The van der Waals surface area contributed by atoms with Crippen molar-refractivity contribution in [3.63, 3.8) is 0 Å². The number of nitrogens with zero attached hydrogens (tertiary/aromatic N) is 2. The summed E-state index contributed by atoms with van der Waals surface area (Å²) in [6.07, 6.45) is 0.149. The highest BCUT2D eigenvalue weighted by molar-refractivity contribution is 14.1. The normalized spacial score (nSPS) is 19.6. The number of hydrogen-bond acceptors (Lipinski definition) is 4. The lowest BCUT2D eigenvalue weighted by molar-refractivity contribution is -0.129. The van der Waals surface area contributed by atoms with Gasteiger partial charge in [-0.15, -0.1) is 0 Å². The topological polar surface area (TPSA) is 61.8 Å². The number of carbonyl (C=O) groups is 2. The maximum Gasteiger partial charge on any atom is 0.242 e. The van der Waals surface area contributed by atoms with E-state index in [1.54, 1.807) is 4.90 Å². The van der Waals surface area contributed by atoms with Crippen molar-refractivity contribution in [1.82, 2.24) is 4.90 Å². The van der Waals surface area contributed by atoms with Crippen molar-refractivity contribution in [3.05, 3.63) is 27.8 Å². The van der Waals surface area contributed by atoms with Crippen molar-refractivity contribution in [2.24, 2.45) is 4.99 Å². The molecule has 2 rings (SSSR count). The lowest BCUT2D eigenvalue weighted by Crippen LogP contribution is -2.38. The smallest absolute Gasteiger partial charge is 0.242 e. The van der Waals surface area contributed by atoms with Crippen LogP contribution >= 0.6 is 34.4 Å². The minimum Gasteiger partial charge on any atom is -0.326 e. The minimum absolute atomic E-state index is 0.0340. The molecule has 24 heavy (non-hydrogen) atoms. The van der Waals surface area contributed by atoms with Crippen LogP contribution in [0.1, 0.15) is 34.1 Å². The van der Waals surface area contributed by atoms with Crippen molar-refractivity contribution >= 4 is 57.0 Å². The van der Waals surface area contributed by atoms with E-state index >= 15 is 0 Å². The summed E-state index contributed by atoms with van der Waals surface area (Å²) in [5.74, 6) is -0.191. The Labute approximate surface area is 160 Å². The molecule has 1 aromatic rings. The van der Waals surface area contributed by atoms with Gasteiger partial charge in [0.25, 0.3) is 0 Å². The van der Waals surface area contributed by atoms with E-state index in [1.807, 2.05) is 52.0 Å². The molecule has 7 heteroatoms. The van der Waals surface area contributed by atoms with Gasteiger partial charge < -0.3 is 5.32 Å². The molecule has 1 aliphatic heterocycles. The van der Waals surface area contributed by atoms with Gasteiger partial charge in [0.15, 0.2) is 5.17 Å². The summed E-state index contributed by atoms with van der Waals surface area (Å²) in [4.78, 5) is 31.1. The van der Waals surface area contributed by atoms with Crippen molar-refractivity contribution < 1.29 is 9.59 Å². The molecule has 1 saturated heterocycles. The van der Waals surface area contributed by atoms with Crippen LogP contribution < -0.4 is 5.32 Å². The first-order valence-corrected chi connectivity index (χ1v) is 9.86. The van der Waals surface area contributed by atoms with Crippen LogP contribution in [0.25, 0.3) is 0 Å². The zero-order chi connectivity index (χ0) is 17.9. The number of amides is 2. The third kappa shape index (κ3) is 4.95. The number of nitrogens with one attached hydrogen (secondary N) is 1. The van der Waals surface area contributed by atoms with E-state index in [9.17, 15) is 9.59 Å². The molecular weight excluding hydrogens is 437 g/mol. The van der Waals surface area contributed by atoms with E-state index in [-0.39, 0.29) is 30.3 Å². The van der Waals surface area contributed by atoms with Gasteiger partial charge in [-0.2, -0.15) is 0 Å². The molecule has 1 atom stereocenters. The second-order valence-corrected chi connectivity index (χ2v) is 8.59. The number of carbonyl (C=O) groups excluding carboxylic acids is 2. The highest BCUT2D eigenvalue weighted by Gasteiger charge is 2.40. The van der Waals surface area contributed by atoms with E-state index in [1.165, 1.54) is 11.8 Å². The molecular formula is C17H22IN3O2S. The average molecular weight is 459 g/mol. The van der Waals surface area contributed by atoms with Crippen LogP contribution in [-0.2, 0) is 9.59 Å². The number of thioether (sulfide) groups is 1. The standard InChI is InChI=1S/C17H22IN3O2S/c1-10(2)19-17-21(11(3)4)16(23)14(24-17)9-15(22)20-13-7-5-12(18)6-8-13/h5-8,10-11,14H,9H2,1-4H3,(H,20,22)/t14-/m0/s1. The zero-order valence-corrected chi connectivity index (χ0v) is 17.2. The molecule has 0 aromatic heterocycles. The van der Waals surface area contributed by atoms with Crippen LogP contribution in [-0.4, -0.2) is 39.2 Å². The lowest BCUT2D eigenvalue weighted by atomic mass is 10.2. The Kier molecular flexibility index (Phi) is 6.68. The molecule has 1 aromatic carbocycles. The Balaban J connectivity index is 2.05. The molecule has 130 valence electrons. The Morgan fingerprint density at radius 3 is 2.46 bits per heavy atom. The van der Waals surface area contributed by atoms with Gasteiger partial charge in [-0.3, -0.25) is 19.5 Å². The molecule has 0 spiro atoms. The first-order valence-electron chi connectivity index (χ1n) is 7.91. The molecule has 0 radical (unpaired) electrons. The first-order chi connectivity index (χ1) is 11.3. The summed E-state index contributed by atoms with van der Waals surface area (Å²) in [7, 11) is 0. The maximum atomic E-state index is 12.6. The summed E-state index contributed by atoms with van der Waals surface area (Å²) < 4.78 is 1.11. The van der Waals surface area contributed by atoms with Gasteiger partial charge >= 0.3 is 0 Å². The van der Waals surface area contributed by atoms with E-state index in [2.05, 4.69) is 32.9 Å². The Hall–Kier alpha value is -1.09. The molecule has 2 amide bonds. The molecule has 0 saturated carbocycles. The minimum atomic E-state index is -0.409. The fourth-order valence-corrected chi connectivity index (χ4v) is 4.06. The summed E-state index contributed by atoms with van der Waals surface area (Å²) in [5, 5.41) is 3.16. The van der Waals surface area contributed by atoms with Gasteiger partial charge in [0, 0.05) is 27.8 Å². The van der Waals surface area contributed by atoms with E-state index < -0.39 is 5.25 Å². The summed E-state index contributed by atoms with van der Waals surface area (Å²) in [5.41, 5.74) is 0.743. The quantitative estimate of drug-likeness (QED) is 0.683. The largest absolute Gasteiger partial charge is 0.326 e. The predicted molar refractivity (Wildman–Crippen MR) is 108 cm³/mol. The molecule has 1 aliphatic rings. The SMILES string of the molecule is CC(C)N=C1S[C@@H](CC(=O)Nc2ccc(I)cc2)C(=O)N1C(C)C. The molecule has 0 aliphatic carbocycles. The third-order valence-electron chi connectivity index (χ3n) is 3.35. The number of aliphatic imine (C=N–C) groups is 1. The average Bonchev–Trinajstić information content (AvgIpc) is 2.76. The van der Waals surface area contributed by atoms with Crippen LogP contribution in [0.5, 0.6) is 0 Å².